The molecule has 4 fully saturated rings. The lowest BCUT2D eigenvalue weighted by atomic mass is 9.43. The number of carbonyl (C=O) groups excluding carboxylic acids is 2. The van der Waals surface area contributed by atoms with E-state index in [0.717, 1.165) is 32.1 Å². The van der Waals surface area contributed by atoms with Gasteiger partial charge in [0.1, 0.15) is 6.04 Å². The van der Waals surface area contributed by atoms with Crippen LogP contribution in [0, 0.1) is 33.3 Å². The lowest BCUT2D eigenvalue weighted by molar-refractivity contribution is -0.525. The summed E-state index contributed by atoms with van der Waals surface area (Å²) in [6.07, 6.45) is 12.9. The average molecular weight is 635 g/mol. The standard InChI is InChI=1S/C32H59BN6O6/c1-7-8-9-10-11-12-13-14-17-28(40)36-24(16-15-18-35-30(34)38-39(42)43)29(41)37-27(19-22(2)3)33-44-26-21-23-20-25(31(23,4)5)32(26,6)45-33/h22-27H,7-21H2,1-6H3,(H,36,40)(H,37,41)(H3,34,35,38)/t23-,24+,25-,26-,27+,32+/m1/s1. The van der Waals surface area contributed by atoms with Gasteiger partial charge in [-0.15, -0.1) is 0 Å². The first-order valence-corrected chi connectivity index (χ1v) is 17.4. The molecule has 45 heavy (non-hydrogen) atoms. The summed E-state index contributed by atoms with van der Waals surface area (Å²) in [7, 11) is -0.562. The number of aliphatic imine (C=N–C) groups is 1. The topological polar surface area (TPSA) is 170 Å². The second kappa shape index (κ2) is 16.9. The maximum absolute atomic E-state index is 13.8. The first-order chi connectivity index (χ1) is 21.3. The van der Waals surface area contributed by atoms with Crippen molar-refractivity contribution < 1.29 is 23.9 Å². The number of carbonyl (C=O) groups is 2. The molecule has 0 aromatic carbocycles. The van der Waals surface area contributed by atoms with Crippen molar-refractivity contribution in [3.05, 3.63) is 10.1 Å². The van der Waals surface area contributed by atoms with Gasteiger partial charge in [0.25, 0.3) is 5.96 Å². The van der Waals surface area contributed by atoms with Crippen molar-refractivity contribution in [1.29, 1.82) is 0 Å². The van der Waals surface area contributed by atoms with Crippen LogP contribution in [0.3, 0.4) is 0 Å². The molecule has 1 aliphatic heterocycles. The summed E-state index contributed by atoms with van der Waals surface area (Å²) in [5.41, 5.74) is 7.18. The SMILES string of the molecule is CCCCCCCCCCC(=O)N[C@@H](CCCN=C(N)N[N+](=O)[O-])C(=O)N[C@@H](CC(C)C)B1O[C@@H]2C[C@H]3C[C@H](C3(C)C)[C@]2(C)O1. The van der Waals surface area contributed by atoms with Gasteiger partial charge in [-0.25, -0.2) is 15.1 Å². The number of guanidine groups is 1. The summed E-state index contributed by atoms with van der Waals surface area (Å²) >= 11 is 0. The molecule has 4 rings (SSSR count). The van der Waals surface area contributed by atoms with Crippen molar-refractivity contribution in [3.63, 3.8) is 0 Å². The van der Waals surface area contributed by atoms with Gasteiger partial charge >= 0.3 is 7.12 Å². The Morgan fingerprint density at radius 2 is 1.71 bits per heavy atom. The van der Waals surface area contributed by atoms with Crippen molar-refractivity contribution in [2.45, 2.75) is 155 Å². The number of nitrogens with zero attached hydrogens (tertiary/aromatic N) is 2. The number of unbranched alkanes of at least 4 members (excludes halogenated alkanes) is 7. The molecule has 4 aliphatic rings. The Morgan fingerprint density at radius 1 is 1.04 bits per heavy atom. The number of nitro groups is 1. The van der Waals surface area contributed by atoms with E-state index < -0.39 is 18.2 Å². The number of nitrogens with two attached hydrogens (primary N) is 1. The quantitative estimate of drug-likeness (QED) is 0.0374. The van der Waals surface area contributed by atoms with Crippen molar-refractivity contribution in [3.8, 4) is 0 Å². The molecule has 0 unspecified atom stereocenters. The smallest absolute Gasteiger partial charge is 0.404 e. The van der Waals surface area contributed by atoms with Crippen LogP contribution in [-0.4, -0.2) is 60.2 Å². The van der Waals surface area contributed by atoms with Gasteiger partial charge < -0.3 is 25.7 Å². The molecule has 1 saturated heterocycles. The molecule has 6 atom stereocenters. The second-order valence-electron chi connectivity index (χ2n) is 14.7. The largest absolute Gasteiger partial charge is 0.481 e. The van der Waals surface area contributed by atoms with Crippen LogP contribution in [-0.2, 0) is 18.9 Å². The Hall–Kier alpha value is -2.41. The predicted molar refractivity (Wildman–Crippen MR) is 177 cm³/mol. The molecule has 0 aromatic rings. The Labute approximate surface area is 270 Å². The molecule has 256 valence electrons. The first kappa shape index (κ1) is 37.1. The van der Waals surface area contributed by atoms with E-state index in [9.17, 15) is 19.7 Å². The van der Waals surface area contributed by atoms with Gasteiger partial charge in [0.15, 0.2) is 5.03 Å². The van der Waals surface area contributed by atoms with Gasteiger partial charge in [0, 0.05) is 13.0 Å². The van der Waals surface area contributed by atoms with Crippen LogP contribution >= 0.6 is 0 Å². The normalized spacial score (nSPS) is 26.5. The number of amides is 2. The van der Waals surface area contributed by atoms with E-state index >= 15 is 0 Å². The summed E-state index contributed by atoms with van der Waals surface area (Å²) < 4.78 is 13.2. The number of hydrogen-bond donors (Lipinski definition) is 4. The van der Waals surface area contributed by atoms with E-state index in [4.69, 9.17) is 15.0 Å². The maximum Gasteiger partial charge on any atom is 0.481 e. The number of rotatable bonds is 20. The number of nitrogens with one attached hydrogen (secondary N) is 3. The molecule has 3 aliphatic carbocycles. The fourth-order valence-electron chi connectivity index (χ4n) is 7.68. The van der Waals surface area contributed by atoms with Crippen molar-refractivity contribution in [2.24, 2.45) is 33.9 Å². The highest BCUT2D eigenvalue weighted by molar-refractivity contribution is 6.48. The van der Waals surface area contributed by atoms with E-state index in [1.165, 1.54) is 32.1 Å². The summed E-state index contributed by atoms with van der Waals surface area (Å²) in [5.74, 6) is 0.197. The van der Waals surface area contributed by atoms with Gasteiger partial charge in [-0.2, -0.15) is 0 Å². The van der Waals surface area contributed by atoms with E-state index in [-0.39, 0.29) is 53.3 Å². The Kier molecular flexibility index (Phi) is 14.0. The fourth-order valence-corrected chi connectivity index (χ4v) is 7.68. The number of hydrazine groups is 1. The molecule has 0 aromatic heterocycles. The summed E-state index contributed by atoms with van der Waals surface area (Å²) in [6.45, 7) is 13.4. The average Bonchev–Trinajstić information content (AvgIpc) is 3.32. The third kappa shape index (κ3) is 10.3. The zero-order valence-electron chi connectivity index (χ0n) is 28.6. The van der Waals surface area contributed by atoms with E-state index in [1.54, 1.807) is 0 Å². The predicted octanol–water partition coefficient (Wildman–Crippen LogP) is 4.68. The lowest BCUT2D eigenvalue weighted by Crippen LogP contribution is -2.65. The molecule has 0 radical (unpaired) electrons. The van der Waals surface area contributed by atoms with Crippen LogP contribution in [0.25, 0.3) is 0 Å². The molecule has 0 spiro atoms. The molecule has 13 heteroatoms. The van der Waals surface area contributed by atoms with Crippen LogP contribution in [0.2, 0.25) is 0 Å². The van der Waals surface area contributed by atoms with E-state index in [2.05, 4.69) is 57.2 Å². The molecule has 1 heterocycles. The molecule has 2 bridgehead atoms. The zero-order chi connectivity index (χ0) is 33.2. The second-order valence-corrected chi connectivity index (χ2v) is 14.7. The highest BCUT2D eigenvalue weighted by Gasteiger charge is 2.68. The van der Waals surface area contributed by atoms with Crippen LogP contribution in [0.15, 0.2) is 4.99 Å². The van der Waals surface area contributed by atoms with Gasteiger partial charge in [0.2, 0.25) is 11.8 Å². The van der Waals surface area contributed by atoms with Crippen molar-refractivity contribution >= 4 is 24.9 Å². The van der Waals surface area contributed by atoms with Gasteiger partial charge in [0.05, 0.1) is 17.6 Å². The van der Waals surface area contributed by atoms with Gasteiger partial charge in [-0.3, -0.25) is 9.59 Å². The van der Waals surface area contributed by atoms with Gasteiger partial charge in [-0.1, -0.05) is 85.0 Å². The minimum absolute atomic E-state index is 0.00378. The lowest BCUT2D eigenvalue weighted by Gasteiger charge is -2.64. The number of hydrogen-bond acceptors (Lipinski definition) is 7. The van der Waals surface area contributed by atoms with Crippen LogP contribution < -0.4 is 21.8 Å². The van der Waals surface area contributed by atoms with Crippen molar-refractivity contribution in [2.75, 3.05) is 6.54 Å². The molecule has 2 amide bonds. The Morgan fingerprint density at radius 3 is 2.33 bits per heavy atom. The molecule has 3 saturated carbocycles. The highest BCUT2D eigenvalue weighted by atomic mass is 16.7. The summed E-state index contributed by atoms with van der Waals surface area (Å²) in [6, 6.07) is -0.785. The fraction of sp³-hybridized carbons (Fsp3) is 0.906. The molecule has 5 N–H and O–H groups in total. The first-order valence-electron chi connectivity index (χ1n) is 17.4. The molecule has 12 nitrogen and oxygen atoms in total. The monoisotopic (exact) mass is 634 g/mol. The van der Waals surface area contributed by atoms with Gasteiger partial charge in [-0.05, 0) is 68.6 Å². The van der Waals surface area contributed by atoms with Crippen LogP contribution in [0.1, 0.15) is 131 Å². The third-order valence-corrected chi connectivity index (χ3v) is 10.4. The Bertz CT molecular complexity index is 1030. The van der Waals surface area contributed by atoms with Crippen LogP contribution in [0.5, 0.6) is 0 Å². The molecular weight excluding hydrogens is 575 g/mol. The Balaban J connectivity index is 1.61. The summed E-state index contributed by atoms with van der Waals surface area (Å²) in [4.78, 5) is 41.3. The minimum atomic E-state index is -0.785. The molecular formula is C32H59BN6O6. The third-order valence-electron chi connectivity index (χ3n) is 10.4. The zero-order valence-corrected chi connectivity index (χ0v) is 28.6. The van der Waals surface area contributed by atoms with Crippen LogP contribution in [0.4, 0.5) is 0 Å². The highest BCUT2D eigenvalue weighted by Crippen LogP contribution is 2.65. The van der Waals surface area contributed by atoms with Crippen molar-refractivity contribution in [1.82, 2.24) is 16.1 Å². The van der Waals surface area contributed by atoms with E-state index in [0.29, 0.717) is 37.5 Å². The minimum Gasteiger partial charge on any atom is -0.404 e. The summed E-state index contributed by atoms with van der Waals surface area (Å²) in [5, 5.41) is 16.0. The van der Waals surface area contributed by atoms with E-state index in [1.807, 2.05) is 5.43 Å². The maximum atomic E-state index is 13.8.